The van der Waals surface area contributed by atoms with Gasteiger partial charge in [-0.25, -0.2) is 4.79 Å². The molecule has 7 N–H and O–H groups in total. The normalized spacial score (nSPS) is 16.1. The molecule has 0 aromatic rings. The highest BCUT2D eigenvalue weighted by molar-refractivity contribution is 7.98. The lowest BCUT2D eigenvalue weighted by Crippen LogP contribution is -2.57. The van der Waals surface area contributed by atoms with Crippen LogP contribution in [0, 0.1) is 0 Å². The lowest BCUT2D eigenvalue weighted by atomic mass is 10.1. The monoisotopic (exact) mass is 452 g/mol. The first kappa shape index (κ1) is 27.5. The number of thioether (sulfide) groups is 2. The lowest BCUT2D eigenvalue weighted by molar-refractivity contribution is -0.145. The van der Waals surface area contributed by atoms with Crippen molar-refractivity contribution >= 4 is 47.2 Å². The predicted molar refractivity (Wildman–Crippen MR) is 115 cm³/mol. The predicted octanol–water partition coefficient (Wildman–Crippen LogP) is -1.24. The maximum absolute atomic E-state index is 12.6. The van der Waals surface area contributed by atoms with Gasteiger partial charge >= 0.3 is 5.97 Å². The number of carboxylic acid groups (broad SMARTS) is 1. The summed E-state index contributed by atoms with van der Waals surface area (Å²) in [5, 5.41) is 25.7. The van der Waals surface area contributed by atoms with E-state index >= 15 is 0 Å². The number of rotatable bonds is 14. The van der Waals surface area contributed by atoms with Crippen LogP contribution in [0.15, 0.2) is 0 Å². The fourth-order valence-electron chi connectivity index (χ4n) is 2.21. The molecule has 0 saturated carbocycles. The summed E-state index contributed by atoms with van der Waals surface area (Å²) in [6.07, 6.45) is 3.26. The molecule has 0 heterocycles. The average molecular weight is 453 g/mol. The van der Waals surface area contributed by atoms with Crippen molar-refractivity contribution in [1.82, 2.24) is 16.0 Å². The van der Waals surface area contributed by atoms with E-state index in [0.717, 1.165) is 0 Å². The molecule has 0 aliphatic rings. The summed E-state index contributed by atoms with van der Waals surface area (Å²) in [5.41, 5.74) is 5.84. The van der Waals surface area contributed by atoms with Crippen molar-refractivity contribution in [1.29, 1.82) is 0 Å². The van der Waals surface area contributed by atoms with E-state index in [1.54, 1.807) is 11.8 Å². The van der Waals surface area contributed by atoms with Crippen molar-refractivity contribution in [3.8, 4) is 0 Å². The zero-order valence-corrected chi connectivity index (χ0v) is 18.8. The number of aliphatic carboxylic acids is 1. The van der Waals surface area contributed by atoms with E-state index in [1.807, 2.05) is 12.5 Å². The van der Waals surface area contributed by atoms with Gasteiger partial charge in [-0.05, 0) is 50.7 Å². The molecule has 168 valence electrons. The van der Waals surface area contributed by atoms with Gasteiger partial charge in [-0.2, -0.15) is 23.5 Å². The molecule has 29 heavy (non-hydrogen) atoms. The molecule has 5 unspecified atom stereocenters. The number of nitrogens with two attached hydrogens (primary N) is 1. The van der Waals surface area contributed by atoms with Crippen LogP contribution in [0.3, 0.4) is 0 Å². The van der Waals surface area contributed by atoms with Gasteiger partial charge < -0.3 is 31.9 Å². The van der Waals surface area contributed by atoms with Gasteiger partial charge in [-0.3, -0.25) is 14.4 Å². The summed E-state index contributed by atoms with van der Waals surface area (Å²) >= 11 is 3.06. The summed E-state index contributed by atoms with van der Waals surface area (Å²) in [6.45, 7) is 2.61. The van der Waals surface area contributed by atoms with Crippen LogP contribution < -0.4 is 21.7 Å². The highest BCUT2D eigenvalue weighted by atomic mass is 32.2. The second kappa shape index (κ2) is 14.5. The molecule has 0 rings (SSSR count). The van der Waals surface area contributed by atoms with E-state index in [-0.39, 0.29) is 0 Å². The second-order valence-corrected chi connectivity index (χ2v) is 8.50. The van der Waals surface area contributed by atoms with Crippen molar-refractivity contribution in [2.75, 3.05) is 24.0 Å². The van der Waals surface area contributed by atoms with Crippen molar-refractivity contribution in [3.05, 3.63) is 0 Å². The first-order chi connectivity index (χ1) is 13.5. The lowest BCUT2D eigenvalue weighted by Gasteiger charge is -2.24. The van der Waals surface area contributed by atoms with E-state index < -0.39 is 54.0 Å². The number of carbonyl (C=O) groups is 4. The fraction of sp³-hybridized carbons (Fsp3) is 0.765. The first-order valence-electron chi connectivity index (χ1n) is 9.10. The van der Waals surface area contributed by atoms with E-state index in [9.17, 15) is 24.3 Å². The maximum atomic E-state index is 12.6. The Bertz CT molecular complexity index is 564. The van der Waals surface area contributed by atoms with Gasteiger partial charge in [0, 0.05) is 0 Å². The van der Waals surface area contributed by atoms with Crippen LogP contribution >= 0.6 is 23.5 Å². The second-order valence-electron chi connectivity index (χ2n) is 6.53. The Morgan fingerprint density at radius 2 is 1.45 bits per heavy atom. The van der Waals surface area contributed by atoms with E-state index in [2.05, 4.69) is 16.0 Å². The van der Waals surface area contributed by atoms with Crippen LogP contribution in [0.1, 0.15) is 26.7 Å². The van der Waals surface area contributed by atoms with Gasteiger partial charge in [-0.15, -0.1) is 0 Å². The van der Waals surface area contributed by atoms with E-state index in [0.29, 0.717) is 24.3 Å². The fourth-order valence-corrected chi connectivity index (χ4v) is 3.17. The third kappa shape index (κ3) is 10.7. The summed E-state index contributed by atoms with van der Waals surface area (Å²) in [6, 6.07) is -4.18. The van der Waals surface area contributed by atoms with Gasteiger partial charge in [-0.1, -0.05) is 0 Å². The number of carboxylic acids is 1. The van der Waals surface area contributed by atoms with Crippen LogP contribution in [-0.2, 0) is 19.2 Å². The SMILES string of the molecule is CSCCC(N)C(=O)NC(CCSC)C(=O)NC(C)C(=O)NC(C(=O)O)C(C)O. The zero-order chi connectivity index (χ0) is 22.6. The number of carbonyl (C=O) groups excluding carboxylic acids is 3. The molecule has 0 aliphatic carbocycles. The highest BCUT2D eigenvalue weighted by Gasteiger charge is 2.29. The molecular weight excluding hydrogens is 420 g/mol. The molecule has 3 amide bonds. The van der Waals surface area contributed by atoms with Crippen LogP contribution in [0.4, 0.5) is 0 Å². The zero-order valence-electron chi connectivity index (χ0n) is 17.1. The Kier molecular flexibility index (Phi) is 13.7. The van der Waals surface area contributed by atoms with E-state index in [1.165, 1.54) is 25.6 Å². The number of hydrogen-bond donors (Lipinski definition) is 6. The Hall–Kier alpha value is -1.50. The Morgan fingerprint density at radius 3 is 1.93 bits per heavy atom. The average Bonchev–Trinajstić information content (AvgIpc) is 2.65. The molecule has 0 radical (unpaired) electrons. The number of nitrogens with one attached hydrogen (secondary N) is 3. The standard InChI is InChI=1S/C17H32N4O6S2/c1-9(14(23)21-13(10(2)22)17(26)27)19-16(25)12(6-8-29-4)20-15(24)11(18)5-7-28-3/h9-13,22H,5-8,18H2,1-4H3,(H,19,25)(H,20,24)(H,21,23)(H,26,27). The highest BCUT2D eigenvalue weighted by Crippen LogP contribution is 2.04. The van der Waals surface area contributed by atoms with Crippen molar-refractivity contribution in [3.63, 3.8) is 0 Å². The molecule has 0 bridgehead atoms. The smallest absolute Gasteiger partial charge is 0.328 e. The summed E-state index contributed by atoms with van der Waals surface area (Å²) < 4.78 is 0. The van der Waals surface area contributed by atoms with Gasteiger partial charge in [0.05, 0.1) is 12.1 Å². The van der Waals surface area contributed by atoms with Gasteiger partial charge in [0.15, 0.2) is 6.04 Å². The third-order valence-corrected chi connectivity index (χ3v) is 5.30. The molecular formula is C17H32N4O6S2. The molecule has 0 saturated heterocycles. The van der Waals surface area contributed by atoms with Crippen LogP contribution in [0.25, 0.3) is 0 Å². The number of aliphatic hydroxyl groups is 1. The van der Waals surface area contributed by atoms with Gasteiger partial charge in [0.25, 0.3) is 0 Å². The summed E-state index contributed by atoms with van der Waals surface area (Å²) in [5.74, 6) is -1.87. The van der Waals surface area contributed by atoms with Crippen LogP contribution in [0.2, 0.25) is 0 Å². The molecule has 0 fully saturated rings. The number of aliphatic hydroxyl groups excluding tert-OH is 1. The molecule has 10 nitrogen and oxygen atoms in total. The van der Waals surface area contributed by atoms with Crippen molar-refractivity contribution in [2.45, 2.75) is 57.0 Å². The summed E-state index contributed by atoms with van der Waals surface area (Å²) in [7, 11) is 0. The molecule has 0 aromatic carbocycles. The van der Waals surface area contributed by atoms with Crippen molar-refractivity contribution < 1.29 is 29.4 Å². The molecule has 12 heteroatoms. The molecule has 0 spiro atoms. The third-order valence-electron chi connectivity index (χ3n) is 4.01. The van der Waals surface area contributed by atoms with Crippen LogP contribution in [0.5, 0.6) is 0 Å². The Labute approximate surface area is 179 Å². The minimum absolute atomic E-state index is 0.341. The van der Waals surface area contributed by atoms with E-state index in [4.69, 9.17) is 10.8 Å². The molecule has 5 atom stereocenters. The first-order valence-corrected chi connectivity index (χ1v) is 11.9. The van der Waals surface area contributed by atoms with Crippen LogP contribution in [-0.4, -0.2) is 88.2 Å². The minimum Gasteiger partial charge on any atom is -0.480 e. The summed E-state index contributed by atoms with van der Waals surface area (Å²) in [4.78, 5) is 48.1. The number of hydrogen-bond acceptors (Lipinski definition) is 8. The molecule has 0 aliphatic heterocycles. The van der Waals surface area contributed by atoms with Gasteiger partial charge in [0.2, 0.25) is 17.7 Å². The van der Waals surface area contributed by atoms with Gasteiger partial charge in [0.1, 0.15) is 12.1 Å². The maximum Gasteiger partial charge on any atom is 0.328 e. The number of amides is 3. The minimum atomic E-state index is -1.50. The van der Waals surface area contributed by atoms with Crippen molar-refractivity contribution in [2.24, 2.45) is 5.73 Å². The quantitative estimate of drug-likeness (QED) is 0.189. The largest absolute Gasteiger partial charge is 0.480 e. The topological polar surface area (TPSA) is 171 Å². The molecule has 0 aromatic heterocycles. The Morgan fingerprint density at radius 1 is 0.897 bits per heavy atom. The Balaban J connectivity index is 4.96.